The van der Waals surface area contributed by atoms with Gasteiger partial charge < -0.3 is 15.7 Å². The Morgan fingerprint density at radius 2 is 1.90 bits per heavy atom. The maximum atomic E-state index is 13.7. The lowest BCUT2D eigenvalue weighted by Gasteiger charge is -2.36. The smallest absolute Gasteiger partial charge is 0.126 e. The third-order valence-electron chi connectivity index (χ3n) is 4.36. The van der Waals surface area contributed by atoms with Crippen molar-refractivity contribution < 1.29 is 9.50 Å². The van der Waals surface area contributed by atoms with Gasteiger partial charge in [-0.15, -0.1) is 0 Å². The number of rotatable bonds is 3. The number of anilines is 1. The minimum atomic E-state index is -0.250. The molecule has 2 atom stereocenters. The molecule has 3 nitrogen and oxygen atoms in total. The van der Waals surface area contributed by atoms with E-state index in [1.165, 1.54) is 0 Å². The van der Waals surface area contributed by atoms with Crippen molar-refractivity contribution in [3.05, 3.63) is 29.1 Å². The average Bonchev–Trinajstić information content (AvgIpc) is 2.41. The van der Waals surface area contributed by atoms with E-state index in [2.05, 4.69) is 4.90 Å². The highest BCUT2D eigenvalue weighted by Gasteiger charge is 2.25. The first-order valence-electron chi connectivity index (χ1n) is 7.38. The molecular formula is C16H25FN2O. The number of aliphatic hydroxyl groups excluding tert-OH is 1. The van der Waals surface area contributed by atoms with Gasteiger partial charge in [-0.1, -0.05) is 0 Å². The van der Waals surface area contributed by atoms with Crippen molar-refractivity contribution in [2.75, 3.05) is 18.0 Å². The third-order valence-corrected chi connectivity index (χ3v) is 4.36. The molecule has 0 saturated carbocycles. The van der Waals surface area contributed by atoms with Gasteiger partial charge in [0.05, 0.1) is 6.10 Å². The van der Waals surface area contributed by atoms with Gasteiger partial charge in [-0.2, -0.15) is 0 Å². The third kappa shape index (κ3) is 3.13. The minimum Gasteiger partial charge on any atom is -0.393 e. The fourth-order valence-corrected chi connectivity index (χ4v) is 2.94. The highest BCUT2D eigenvalue weighted by Crippen LogP contribution is 2.32. The molecule has 0 amide bonds. The zero-order chi connectivity index (χ0) is 14.9. The lowest BCUT2D eigenvalue weighted by atomic mass is 9.91. The summed E-state index contributed by atoms with van der Waals surface area (Å²) in [6.45, 7) is 7.30. The fourth-order valence-electron chi connectivity index (χ4n) is 2.94. The van der Waals surface area contributed by atoms with E-state index < -0.39 is 0 Å². The first-order valence-corrected chi connectivity index (χ1v) is 7.38. The summed E-state index contributed by atoms with van der Waals surface area (Å²) in [6.07, 6.45) is 1.68. The minimum absolute atomic E-state index is 0.186. The van der Waals surface area contributed by atoms with Gasteiger partial charge in [-0.3, -0.25) is 0 Å². The molecule has 0 aliphatic carbocycles. The molecule has 1 aromatic carbocycles. The molecule has 0 radical (unpaired) electrons. The molecule has 20 heavy (non-hydrogen) atoms. The Kier molecular flexibility index (Phi) is 4.66. The number of piperidine rings is 1. The van der Waals surface area contributed by atoms with E-state index in [4.69, 9.17) is 5.73 Å². The molecule has 0 spiro atoms. The molecule has 1 aromatic rings. The SMILES string of the molecule is Cc1cc(N2CCC(C(C)O)CC2)c(C(C)N)cc1F. The summed E-state index contributed by atoms with van der Waals surface area (Å²) in [5.41, 5.74) is 8.55. The Morgan fingerprint density at radius 3 is 2.40 bits per heavy atom. The Bertz CT molecular complexity index is 466. The zero-order valence-corrected chi connectivity index (χ0v) is 12.6. The maximum absolute atomic E-state index is 13.7. The monoisotopic (exact) mass is 280 g/mol. The molecule has 0 aromatic heterocycles. The van der Waals surface area contributed by atoms with Gasteiger partial charge in [0.25, 0.3) is 0 Å². The number of aliphatic hydroxyl groups is 1. The van der Waals surface area contributed by atoms with Gasteiger partial charge in [0.15, 0.2) is 0 Å². The fraction of sp³-hybridized carbons (Fsp3) is 0.625. The van der Waals surface area contributed by atoms with E-state index in [0.717, 1.165) is 37.2 Å². The quantitative estimate of drug-likeness (QED) is 0.895. The number of aryl methyl sites for hydroxylation is 1. The van der Waals surface area contributed by atoms with Crippen molar-refractivity contribution in [2.45, 2.75) is 45.8 Å². The van der Waals surface area contributed by atoms with Crippen LogP contribution in [-0.2, 0) is 0 Å². The van der Waals surface area contributed by atoms with Crippen molar-refractivity contribution in [1.82, 2.24) is 0 Å². The second-order valence-corrected chi connectivity index (χ2v) is 6.01. The molecule has 1 aliphatic heterocycles. The Hall–Kier alpha value is -1.13. The standard InChI is InChI=1S/C16H25FN2O/c1-10-8-16(14(11(2)18)9-15(10)17)19-6-4-13(5-7-19)12(3)20/h8-9,11-13,20H,4-7,18H2,1-3H3. The van der Waals surface area contributed by atoms with Crippen LogP contribution < -0.4 is 10.6 Å². The summed E-state index contributed by atoms with van der Waals surface area (Å²) in [7, 11) is 0. The van der Waals surface area contributed by atoms with Gasteiger partial charge in [0.2, 0.25) is 0 Å². The van der Waals surface area contributed by atoms with Gasteiger partial charge in [-0.25, -0.2) is 4.39 Å². The van der Waals surface area contributed by atoms with Gasteiger partial charge in [-0.05, 0) is 62.8 Å². The zero-order valence-electron chi connectivity index (χ0n) is 12.6. The van der Waals surface area contributed by atoms with Crippen molar-refractivity contribution >= 4 is 5.69 Å². The summed E-state index contributed by atoms with van der Waals surface area (Å²) >= 11 is 0. The van der Waals surface area contributed by atoms with E-state index >= 15 is 0 Å². The summed E-state index contributed by atoms with van der Waals surface area (Å²) in [5.74, 6) is 0.173. The maximum Gasteiger partial charge on any atom is 0.126 e. The highest BCUT2D eigenvalue weighted by atomic mass is 19.1. The highest BCUT2D eigenvalue weighted by molar-refractivity contribution is 5.57. The van der Waals surface area contributed by atoms with Crippen LogP contribution in [0.1, 0.15) is 43.9 Å². The molecule has 0 bridgehead atoms. The normalized spacial score (nSPS) is 20.0. The van der Waals surface area contributed by atoms with Crippen LogP contribution in [0.15, 0.2) is 12.1 Å². The van der Waals surface area contributed by atoms with Gasteiger partial charge >= 0.3 is 0 Å². The summed E-state index contributed by atoms with van der Waals surface area (Å²) in [4.78, 5) is 2.27. The van der Waals surface area contributed by atoms with E-state index in [-0.39, 0.29) is 18.0 Å². The van der Waals surface area contributed by atoms with Crippen LogP contribution in [-0.4, -0.2) is 24.3 Å². The van der Waals surface area contributed by atoms with Crippen LogP contribution >= 0.6 is 0 Å². The second-order valence-electron chi connectivity index (χ2n) is 6.01. The average molecular weight is 280 g/mol. The predicted octanol–water partition coefficient (Wildman–Crippen LogP) is 2.75. The number of hydrogen-bond donors (Lipinski definition) is 2. The molecule has 3 N–H and O–H groups in total. The Labute approximate surface area is 120 Å². The largest absolute Gasteiger partial charge is 0.393 e. The molecule has 112 valence electrons. The molecule has 2 unspecified atom stereocenters. The molecule has 1 aliphatic rings. The number of nitrogens with two attached hydrogens (primary N) is 1. The van der Waals surface area contributed by atoms with Crippen molar-refractivity contribution in [1.29, 1.82) is 0 Å². The molecule has 4 heteroatoms. The van der Waals surface area contributed by atoms with Crippen LogP contribution in [0.5, 0.6) is 0 Å². The summed E-state index contributed by atoms with van der Waals surface area (Å²) in [6, 6.07) is 3.28. The number of halogens is 1. The van der Waals surface area contributed by atoms with Crippen LogP contribution in [0.2, 0.25) is 0 Å². The number of nitrogens with zero attached hydrogens (tertiary/aromatic N) is 1. The number of hydrogen-bond acceptors (Lipinski definition) is 3. The predicted molar refractivity (Wildman–Crippen MR) is 80.4 cm³/mol. The van der Waals surface area contributed by atoms with Crippen LogP contribution in [0.4, 0.5) is 10.1 Å². The first-order chi connectivity index (χ1) is 9.40. The molecule has 2 rings (SSSR count). The lowest BCUT2D eigenvalue weighted by molar-refractivity contribution is 0.110. The van der Waals surface area contributed by atoms with Crippen LogP contribution in [0.3, 0.4) is 0 Å². The van der Waals surface area contributed by atoms with E-state index in [0.29, 0.717) is 11.5 Å². The summed E-state index contributed by atoms with van der Waals surface area (Å²) in [5, 5.41) is 9.67. The molecular weight excluding hydrogens is 255 g/mol. The summed E-state index contributed by atoms with van der Waals surface area (Å²) < 4.78 is 13.7. The van der Waals surface area contributed by atoms with E-state index in [1.54, 1.807) is 13.0 Å². The lowest BCUT2D eigenvalue weighted by Crippen LogP contribution is -2.37. The topological polar surface area (TPSA) is 49.5 Å². The first kappa shape index (κ1) is 15.3. The molecule has 1 heterocycles. The number of benzene rings is 1. The Morgan fingerprint density at radius 1 is 1.30 bits per heavy atom. The molecule has 1 saturated heterocycles. The molecule has 1 fully saturated rings. The van der Waals surface area contributed by atoms with Crippen LogP contribution in [0, 0.1) is 18.7 Å². The second kappa shape index (κ2) is 6.10. The van der Waals surface area contributed by atoms with E-state index in [9.17, 15) is 9.50 Å². The van der Waals surface area contributed by atoms with E-state index in [1.807, 2.05) is 19.9 Å². The Balaban J connectivity index is 2.23. The van der Waals surface area contributed by atoms with Crippen molar-refractivity contribution in [3.63, 3.8) is 0 Å². The van der Waals surface area contributed by atoms with Crippen molar-refractivity contribution in [2.24, 2.45) is 11.7 Å². The van der Waals surface area contributed by atoms with Crippen molar-refractivity contribution in [3.8, 4) is 0 Å². The van der Waals surface area contributed by atoms with Gasteiger partial charge in [0.1, 0.15) is 5.82 Å². The van der Waals surface area contributed by atoms with Crippen LogP contribution in [0.25, 0.3) is 0 Å². The van der Waals surface area contributed by atoms with Gasteiger partial charge in [0, 0.05) is 24.8 Å².